The van der Waals surface area contributed by atoms with Crippen molar-refractivity contribution in [1.82, 2.24) is 19.9 Å². The molecule has 0 spiro atoms. The second kappa shape index (κ2) is 23.6. The first-order valence-electron chi connectivity index (χ1n) is 30.9. The van der Waals surface area contributed by atoms with Crippen molar-refractivity contribution in [1.29, 1.82) is 0 Å². The number of hydrogen-bond acceptors (Lipinski definition) is 4. The van der Waals surface area contributed by atoms with Crippen molar-refractivity contribution < 1.29 is 0 Å². The fourth-order valence-corrected chi connectivity index (χ4v) is 13.3. The predicted octanol–water partition coefficient (Wildman–Crippen LogP) is 23.2. The average molecular weight is 1160 g/mol. The van der Waals surface area contributed by atoms with E-state index in [1.54, 1.807) is 0 Å². The molecular weight excluding hydrogens is 1100 g/mol. The summed E-state index contributed by atoms with van der Waals surface area (Å²) in [4.78, 5) is 17.5. The molecule has 426 valence electrons. The highest BCUT2D eigenvalue weighted by Crippen LogP contribution is 2.43. The molecule has 91 heavy (non-hydrogen) atoms. The highest BCUT2D eigenvalue weighted by molar-refractivity contribution is 6.27. The lowest BCUT2D eigenvalue weighted by Gasteiger charge is -2.14. The zero-order valence-electron chi connectivity index (χ0n) is 50.0. The zero-order valence-corrected chi connectivity index (χ0v) is 50.0. The lowest BCUT2D eigenvalue weighted by Crippen LogP contribution is -1.89. The number of aromatic nitrogens is 4. The van der Waals surface area contributed by atoms with Crippen molar-refractivity contribution in [2.75, 3.05) is 0 Å². The van der Waals surface area contributed by atoms with E-state index in [0.717, 1.165) is 50.2 Å². The predicted molar refractivity (Wildman–Crippen MR) is 383 cm³/mol. The molecule has 17 aromatic rings. The Kier molecular flexibility index (Phi) is 14.1. The van der Waals surface area contributed by atoms with Gasteiger partial charge >= 0.3 is 0 Å². The Morgan fingerprint density at radius 3 is 1.01 bits per heavy atom. The van der Waals surface area contributed by atoms with Crippen LogP contribution in [0.4, 0.5) is 0 Å². The molecule has 0 fully saturated rings. The second-order valence-electron chi connectivity index (χ2n) is 23.5. The van der Waals surface area contributed by atoms with E-state index in [2.05, 4.69) is 300 Å². The van der Waals surface area contributed by atoms with E-state index in [4.69, 9.17) is 0 Å². The fraction of sp³-hybridized carbons (Fsp3) is 0.0115. The number of rotatable bonds is 9. The van der Waals surface area contributed by atoms with Gasteiger partial charge in [0.05, 0.1) is 5.69 Å². The molecule has 13 aromatic carbocycles. The van der Waals surface area contributed by atoms with Crippen LogP contribution in [-0.2, 0) is 0 Å². The van der Waals surface area contributed by atoms with Gasteiger partial charge in [0.2, 0.25) is 0 Å². The van der Waals surface area contributed by atoms with Gasteiger partial charge in [-0.05, 0) is 264 Å². The average Bonchev–Trinajstić information content (AvgIpc) is 0.813. The van der Waals surface area contributed by atoms with E-state index in [9.17, 15) is 0 Å². The van der Waals surface area contributed by atoms with Gasteiger partial charge in [-0.3, -0.25) is 19.9 Å². The van der Waals surface area contributed by atoms with Crippen LogP contribution in [0.1, 0.15) is 5.56 Å². The van der Waals surface area contributed by atoms with Gasteiger partial charge in [0, 0.05) is 54.5 Å². The van der Waals surface area contributed by atoms with Crippen LogP contribution in [0.5, 0.6) is 0 Å². The van der Waals surface area contributed by atoms with Gasteiger partial charge < -0.3 is 0 Å². The summed E-state index contributed by atoms with van der Waals surface area (Å²) in [6, 6.07) is 106. The Morgan fingerprint density at radius 2 is 0.516 bits per heavy atom. The van der Waals surface area contributed by atoms with E-state index < -0.39 is 0 Å². The fourth-order valence-electron chi connectivity index (χ4n) is 13.3. The van der Waals surface area contributed by atoms with E-state index in [0.29, 0.717) is 0 Å². The van der Waals surface area contributed by atoms with Gasteiger partial charge in [-0.25, -0.2) is 0 Å². The molecule has 0 atom stereocenters. The highest BCUT2D eigenvalue weighted by atomic mass is 14.7. The third-order valence-electron chi connectivity index (χ3n) is 17.8. The summed E-state index contributed by atoms with van der Waals surface area (Å²) >= 11 is 0. The van der Waals surface area contributed by atoms with Gasteiger partial charge in [0.1, 0.15) is 0 Å². The molecule has 0 aliphatic carbocycles. The molecular formula is C87H58N4. The molecule has 0 N–H and O–H groups in total. The molecule has 0 aliphatic rings. The Labute approximate surface area is 528 Å². The Hall–Kier alpha value is -12.0. The molecule has 0 amide bonds. The molecule has 17 rings (SSSR count). The quantitative estimate of drug-likeness (QED) is 0.135. The molecule has 4 aromatic heterocycles. The lowest BCUT2D eigenvalue weighted by atomic mass is 9.89. The van der Waals surface area contributed by atoms with Gasteiger partial charge in [-0.1, -0.05) is 188 Å². The van der Waals surface area contributed by atoms with Crippen LogP contribution in [-0.4, -0.2) is 19.9 Å². The number of nitrogens with zero attached hydrogens (tertiary/aromatic N) is 4. The zero-order chi connectivity index (χ0) is 60.6. The van der Waals surface area contributed by atoms with Crippen molar-refractivity contribution in [2.45, 2.75) is 6.92 Å². The standard InChI is InChI=1S/C46H30N2.C41H28N2/c1-2-7-31(8-3-1)36-13-16-44-45(29-36)42-12-5-4-11-41(42)43-15-14-37(30-46(43)44)34-9-6-10-35(25-34)40-27-38(32-17-21-47-22-18-32)26-39(28-40)33-19-23-48-24-20-33;1-27-14-16-37-35-11-2-3-12-36(35)38-17-15-30(25-40(38)39(37)20-27)28-8-6-9-29(21-28)32-22-33(31-10-7-18-42-26-31)24-34(23-32)41-13-4-5-19-43-41/h1-30H;2-26H,1H3. The smallest absolute Gasteiger partial charge is 0.0702 e. The summed E-state index contributed by atoms with van der Waals surface area (Å²) in [6.07, 6.45) is 13.0. The van der Waals surface area contributed by atoms with Gasteiger partial charge in [0.25, 0.3) is 0 Å². The Balaban J connectivity index is 0.000000146. The molecule has 4 heterocycles. The van der Waals surface area contributed by atoms with E-state index in [-0.39, 0.29) is 0 Å². The largest absolute Gasteiger partial charge is 0.265 e. The van der Waals surface area contributed by atoms with Crippen LogP contribution in [0.3, 0.4) is 0 Å². The summed E-state index contributed by atoms with van der Waals surface area (Å²) < 4.78 is 0. The first-order chi connectivity index (χ1) is 45.0. The first-order valence-corrected chi connectivity index (χ1v) is 30.9. The molecule has 0 bridgehead atoms. The van der Waals surface area contributed by atoms with Crippen molar-refractivity contribution in [3.63, 3.8) is 0 Å². The van der Waals surface area contributed by atoms with E-state index >= 15 is 0 Å². The summed E-state index contributed by atoms with van der Waals surface area (Å²) in [7, 11) is 0. The third-order valence-corrected chi connectivity index (χ3v) is 17.8. The maximum absolute atomic E-state index is 4.65. The lowest BCUT2D eigenvalue weighted by molar-refractivity contribution is 1.32. The van der Waals surface area contributed by atoms with E-state index in [1.165, 1.54) is 120 Å². The van der Waals surface area contributed by atoms with Crippen LogP contribution >= 0.6 is 0 Å². The summed E-state index contributed by atoms with van der Waals surface area (Å²) in [5.74, 6) is 0. The van der Waals surface area contributed by atoms with Crippen LogP contribution in [0, 0.1) is 6.92 Å². The van der Waals surface area contributed by atoms with Gasteiger partial charge in [-0.2, -0.15) is 0 Å². The summed E-state index contributed by atoms with van der Waals surface area (Å²) in [5, 5.41) is 15.4. The minimum absolute atomic E-state index is 0.953. The van der Waals surface area contributed by atoms with Crippen molar-refractivity contribution in [3.05, 3.63) is 340 Å². The molecule has 0 unspecified atom stereocenters. The Morgan fingerprint density at radius 1 is 0.176 bits per heavy atom. The maximum atomic E-state index is 4.65. The van der Waals surface area contributed by atoms with Gasteiger partial charge in [0.15, 0.2) is 0 Å². The number of fused-ring (bicyclic) bond motifs is 12. The number of hydrogen-bond donors (Lipinski definition) is 0. The third kappa shape index (κ3) is 10.6. The number of aryl methyl sites for hydroxylation is 1. The maximum Gasteiger partial charge on any atom is 0.0702 e. The second-order valence-corrected chi connectivity index (χ2v) is 23.5. The number of benzene rings is 13. The minimum atomic E-state index is 0.953. The summed E-state index contributed by atoms with van der Waals surface area (Å²) in [6.45, 7) is 2.17. The monoisotopic (exact) mass is 1160 g/mol. The Bertz CT molecular complexity index is 5460. The molecule has 0 saturated carbocycles. The van der Waals surface area contributed by atoms with Crippen LogP contribution in [0.2, 0.25) is 0 Å². The van der Waals surface area contributed by atoms with Crippen molar-refractivity contribution in [2.24, 2.45) is 0 Å². The van der Waals surface area contributed by atoms with Crippen LogP contribution in [0.15, 0.2) is 335 Å². The number of pyridine rings is 4. The minimum Gasteiger partial charge on any atom is -0.265 e. The first kappa shape index (κ1) is 54.4. The molecule has 4 heteroatoms. The summed E-state index contributed by atoms with van der Waals surface area (Å²) in [5.41, 5.74) is 22.0. The molecule has 0 saturated heterocycles. The topological polar surface area (TPSA) is 51.6 Å². The van der Waals surface area contributed by atoms with Crippen LogP contribution < -0.4 is 0 Å². The molecule has 4 nitrogen and oxygen atoms in total. The highest BCUT2D eigenvalue weighted by Gasteiger charge is 2.16. The van der Waals surface area contributed by atoms with Gasteiger partial charge in [-0.15, -0.1) is 0 Å². The van der Waals surface area contributed by atoms with Crippen molar-refractivity contribution >= 4 is 64.6 Å². The molecule has 0 radical (unpaired) electrons. The SMILES string of the molecule is Cc1ccc2c3ccccc3c3ccc(-c4cccc(-c5cc(-c6cccnc6)cc(-c6ccccn6)c5)c4)cc3c2c1.c1ccc(-c2ccc3c(c2)c2ccccc2c2ccc(-c4cccc(-c5cc(-c6ccncc6)cc(-c6ccncc6)c5)c4)cc23)cc1. The van der Waals surface area contributed by atoms with Crippen LogP contribution in [0.25, 0.3) is 165 Å². The van der Waals surface area contributed by atoms with E-state index in [1.807, 2.05) is 61.6 Å². The normalized spacial score (nSPS) is 11.4. The molecule has 0 aliphatic heterocycles. The van der Waals surface area contributed by atoms with Crippen molar-refractivity contribution in [3.8, 4) is 100 Å².